The molecule has 1 atom stereocenters. The van der Waals surface area contributed by atoms with Crippen molar-refractivity contribution in [2.45, 2.75) is 12.8 Å². The second-order valence-corrected chi connectivity index (χ2v) is 6.56. The normalized spacial score (nSPS) is 23.5. The highest BCUT2D eigenvalue weighted by atomic mass is 79.9. The standard InChI is InChI=1S/C15H19BrN2O/c1-17-4-6-18(7-5-17)15(19)13-8-11-2-3-14(16)10-12(11)9-13/h2-3,10,13H,4-9H2,1H3. The van der Waals surface area contributed by atoms with Crippen molar-refractivity contribution in [2.24, 2.45) is 5.92 Å². The molecule has 0 N–H and O–H groups in total. The third-order valence-electron chi connectivity index (χ3n) is 4.27. The van der Waals surface area contributed by atoms with E-state index >= 15 is 0 Å². The van der Waals surface area contributed by atoms with Gasteiger partial charge in [-0.3, -0.25) is 4.79 Å². The largest absolute Gasteiger partial charge is 0.340 e. The summed E-state index contributed by atoms with van der Waals surface area (Å²) in [5.74, 6) is 0.508. The van der Waals surface area contributed by atoms with Gasteiger partial charge in [-0.2, -0.15) is 0 Å². The van der Waals surface area contributed by atoms with E-state index in [1.165, 1.54) is 11.1 Å². The molecular weight excluding hydrogens is 304 g/mol. The SMILES string of the molecule is CN1CCN(C(=O)C2Cc3ccc(Br)cc3C2)CC1. The highest BCUT2D eigenvalue weighted by molar-refractivity contribution is 9.10. The van der Waals surface area contributed by atoms with Crippen LogP contribution >= 0.6 is 15.9 Å². The summed E-state index contributed by atoms with van der Waals surface area (Å²) in [5, 5.41) is 0. The minimum atomic E-state index is 0.160. The molecule has 2 aliphatic rings. The predicted molar refractivity (Wildman–Crippen MR) is 79.1 cm³/mol. The second-order valence-electron chi connectivity index (χ2n) is 5.65. The molecule has 1 aliphatic carbocycles. The Hall–Kier alpha value is -0.870. The molecule has 0 spiro atoms. The van der Waals surface area contributed by atoms with E-state index in [2.05, 4.69) is 46.1 Å². The van der Waals surface area contributed by atoms with E-state index in [0.717, 1.165) is 43.5 Å². The van der Waals surface area contributed by atoms with Gasteiger partial charge in [-0.25, -0.2) is 0 Å². The van der Waals surface area contributed by atoms with E-state index in [4.69, 9.17) is 0 Å². The number of halogens is 1. The van der Waals surface area contributed by atoms with Gasteiger partial charge in [-0.15, -0.1) is 0 Å². The molecule has 1 heterocycles. The number of hydrogen-bond acceptors (Lipinski definition) is 2. The van der Waals surface area contributed by atoms with Crippen LogP contribution in [0.15, 0.2) is 22.7 Å². The molecular formula is C15H19BrN2O. The Bertz CT molecular complexity index is 495. The van der Waals surface area contributed by atoms with Gasteiger partial charge >= 0.3 is 0 Å². The molecule has 1 aliphatic heterocycles. The quantitative estimate of drug-likeness (QED) is 0.789. The molecule has 1 unspecified atom stereocenters. The number of rotatable bonds is 1. The molecule has 3 nitrogen and oxygen atoms in total. The topological polar surface area (TPSA) is 23.6 Å². The monoisotopic (exact) mass is 322 g/mol. The fourth-order valence-corrected chi connectivity index (χ4v) is 3.45. The number of hydrogen-bond donors (Lipinski definition) is 0. The molecule has 1 saturated heterocycles. The minimum Gasteiger partial charge on any atom is -0.340 e. The third kappa shape index (κ3) is 2.70. The zero-order valence-electron chi connectivity index (χ0n) is 11.2. The Balaban J connectivity index is 1.67. The summed E-state index contributed by atoms with van der Waals surface area (Å²) in [6.45, 7) is 3.76. The van der Waals surface area contributed by atoms with Crippen LogP contribution < -0.4 is 0 Å². The summed E-state index contributed by atoms with van der Waals surface area (Å²) in [6.07, 6.45) is 1.81. The molecule has 0 saturated carbocycles. The average molecular weight is 323 g/mol. The maximum absolute atomic E-state index is 12.6. The van der Waals surface area contributed by atoms with Crippen molar-refractivity contribution in [3.63, 3.8) is 0 Å². The molecule has 19 heavy (non-hydrogen) atoms. The molecule has 1 aromatic rings. The summed E-state index contributed by atoms with van der Waals surface area (Å²) in [7, 11) is 2.12. The lowest BCUT2D eigenvalue weighted by Gasteiger charge is -2.34. The minimum absolute atomic E-state index is 0.160. The fourth-order valence-electron chi connectivity index (χ4n) is 3.05. The molecule has 1 amide bonds. The lowest BCUT2D eigenvalue weighted by Crippen LogP contribution is -2.49. The van der Waals surface area contributed by atoms with Gasteiger partial charge in [0.2, 0.25) is 5.91 Å². The first-order valence-corrected chi connectivity index (χ1v) is 7.67. The van der Waals surface area contributed by atoms with Gasteiger partial charge in [0.1, 0.15) is 0 Å². The van der Waals surface area contributed by atoms with Crippen LogP contribution in [0, 0.1) is 5.92 Å². The predicted octanol–water partition coefficient (Wildman–Crippen LogP) is 1.94. The fraction of sp³-hybridized carbons (Fsp3) is 0.533. The summed E-state index contributed by atoms with van der Waals surface area (Å²) in [4.78, 5) is 16.9. The van der Waals surface area contributed by atoms with Crippen molar-refractivity contribution in [3.05, 3.63) is 33.8 Å². The van der Waals surface area contributed by atoms with E-state index in [1.807, 2.05) is 4.90 Å². The first-order valence-electron chi connectivity index (χ1n) is 6.88. The second kappa shape index (κ2) is 5.25. The third-order valence-corrected chi connectivity index (χ3v) is 4.76. The van der Waals surface area contributed by atoms with Crippen LogP contribution in [0.25, 0.3) is 0 Å². The number of fused-ring (bicyclic) bond motifs is 1. The van der Waals surface area contributed by atoms with E-state index in [9.17, 15) is 4.79 Å². The van der Waals surface area contributed by atoms with Gasteiger partial charge < -0.3 is 9.80 Å². The summed E-state index contributed by atoms with van der Waals surface area (Å²) < 4.78 is 1.11. The summed E-state index contributed by atoms with van der Waals surface area (Å²) >= 11 is 3.50. The maximum atomic E-state index is 12.6. The van der Waals surface area contributed by atoms with Crippen LogP contribution in [0.4, 0.5) is 0 Å². The first-order chi connectivity index (χ1) is 9.13. The molecule has 1 fully saturated rings. The van der Waals surface area contributed by atoms with Crippen LogP contribution in [-0.2, 0) is 17.6 Å². The lowest BCUT2D eigenvalue weighted by atomic mass is 10.0. The maximum Gasteiger partial charge on any atom is 0.226 e. The number of piperazine rings is 1. The van der Waals surface area contributed by atoms with E-state index in [0.29, 0.717) is 5.91 Å². The lowest BCUT2D eigenvalue weighted by molar-refractivity contribution is -0.136. The summed E-state index contributed by atoms with van der Waals surface area (Å²) in [5.41, 5.74) is 2.68. The van der Waals surface area contributed by atoms with E-state index in [-0.39, 0.29) is 5.92 Å². The average Bonchev–Trinajstić information content (AvgIpc) is 2.81. The van der Waals surface area contributed by atoms with Crippen LogP contribution in [0.5, 0.6) is 0 Å². The molecule has 1 aromatic carbocycles. The molecule has 102 valence electrons. The molecule has 0 radical (unpaired) electrons. The zero-order chi connectivity index (χ0) is 13.4. The number of nitrogens with zero attached hydrogens (tertiary/aromatic N) is 2. The summed E-state index contributed by atoms with van der Waals surface area (Å²) in [6, 6.07) is 6.38. The van der Waals surface area contributed by atoms with Crippen molar-refractivity contribution >= 4 is 21.8 Å². The van der Waals surface area contributed by atoms with Crippen molar-refractivity contribution in [1.82, 2.24) is 9.80 Å². The van der Waals surface area contributed by atoms with Crippen molar-refractivity contribution in [3.8, 4) is 0 Å². The van der Waals surface area contributed by atoms with Crippen LogP contribution in [0.2, 0.25) is 0 Å². The van der Waals surface area contributed by atoms with Gasteiger partial charge in [0.15, 0.2) is 0 Å². The Kier molecular flexibility index (Phi) is 3.63. The van der Waals surface area contributed by atoms with Crippen molar-refractivity contribution in [1.29, 1.82) is 0 Å². The smallest absolute Gasteiger partial charge is 0.226 e. The van der Waals surface area contributed by atoms with Crippen LogP contribution in [-0.4, -0.2) is 48.9 Å². The molecule has 0 bridgehead atoms. The first kappa shape index (κ1) is 13.1. The van der Waals surface area contributed by atoms with Gasteiger partial charge in [-0.05, 0) is 43.1 Å². The number of benzene rings is 1. The Morgan fingerprint density at radius 2 is 1.84 bits per heavy atom. The van der Waals surface area contributed by atoms with E-state index < -0.39 is 0 Å². The van der Waals surface area contributed by atoms with E-state index in [1.54, 1.807) is 0 Å². The molecule has 0 aromatic heterocycles. The molecule has 3 rings (SSSR count). The number of carbonyl (C=O) groups excluding carboxylic acids is 1. The van der Waals surface area contributed by atoms with Crippen molar-refractivity contribution < 1.29 is 4.79 Å². The van der Waals surface area contributed by atoms with Gasteiger partial charge in [-0.1, -0.05) is 22.0 Å². The number of amides is 1. The highest BCUT2D eigenvalue weighted by Crippen LogP contribution is 2.30. The van der Waals surface area contributed by atoms with Gasteiger partial charge in [0, 0.05) is 36.6 Å². The Labute approximate surface area is 122 Å². The highest BCUT2D eigenvalue weighted by Gasteiger charge is 2.31. The number of carbonyl (C=O) groups is 1. The van der Waals surface area contributed by atoms with Gasteiger partial charge in [0.05, 0.1) is 0 Å². The Morgan fingerprint density at radius 1 is 1.16 bits per heavy atom. The molecule has 4 heteroatoms. The number of likely N-dealkylation sites (N-methyl/N-ethyl adjacent to an activating group) is 1. The zero-order valence-corrected chi connectivity index (χ0v) is 12.8. The van der Waals surface area contributed by atoms with Crippen LogP contribution in [0.1, 0.15) is 11.1 Å². The van der Waals surface area contributed by atoms with Gasteiger partial charge in [0.25, 0.3) is 0 Å². The van der Waals surface area contributed by atoms with Crippen molar-refractivity contribution in [2.75, 3.05) is 33.2 Å². The van der Waals surface area contributed by atoms with Crippen LogP contribution in [0.3, 0.4) is 0 Å². The Morgan fingerprint density at radius 3 is 2.58 bits per heavy atom.